The number of carboxylic acids is 1. The van der Waals surface area contributed by atoms with E-state index in [1.54, 1.807) is 0 Å². The van der Waals surface area contributed by atoms with E-state index in [4.69, 9.17) is 23.7 Å². The molecular formula is C12H26O6Si. The Balaban J connectivity index is 3.05. The van der Waals surface area contributed by atoms with E-state index in [0.29, 0.717) is 39.6 Å². The summed E-state index contributed by atoms with van der Waals surface area (Å²) in [4.78, 5) is 10.2. The normalized spacial score (nSPS) is 11.7. The van der Waals surface area contributed by atoms with Crippen LogP contribution < -0.4 is 0 Å². The van der Waals surface area contributed by atoms with Gasteiger partial charge in [-0.1, -0.05) is 0 Å². The molecule has 0 saturated heterocycles. The van der Waals surface area contributed by atoms with Crippen LogP contribution in [-0.2, 0) is 23.4 Å². The van der Waals surface area contributed by atoms with Gasteiger partial charge < -0.3 is 23.7 Å². The van der Waals surface area contributed by atoms with Crippen LogP contribution in [-0.4, -0.2) is 65.6 Å². The van der Waals surface area contributed by atoms with Gasteiger partial charge in [0.05, 0.1) is 52.7 Å². The van der Waals surface area contributed by atoms with E-state index in [2.05, 4.69) is 19.6 Å². The maximum Gasteiger partial charge on any atom is 0.305 e. The summed E-state index contributed by atoms with van der Waals surface area (Å²) in [6.45, 7) is 9.77. The topological polar surface area (TPSA) is 74.2 Å². The average Bonchev–Trinajstić information content (AvgIpc) is 2.28. The van der Waals surface area contributed by atoms with E-state index in [9.17, 15) is 4.79 Å². The quantitative estimate of drug-likeness (QED) is 0.408. The minimum atomic E-state index is -1.43. The van der Waals surface area contributed by atoms with Crippen LogP contribution in [0.25, 0.3) is 0 Å². The lowest BCUT2D eigenvalue weighted by Gasteiger charge is -2.16. The minimum absolute atomic E-state index is 0.0280. The molecule has 0 aromatic carbocycles. The minimum Gasteiger partial charge on any atom is -0.481 e. The van der Waals surface area contributed by atoms with Gasteiger partial charge in [0.2, 0.25) is 0 Å². The van der Waals surface area contributed by atoms with E-state index in [0.717, 1.165) is 0 Å². The third-order valence-corrected chi connectivity index (χ3v) is 3.04. The molecule has 0 aromatic heterocycles. The SMILES string of the molecule is C[Si](C)(C)OCCOCCOCCOCCC(=O)O. The van der Waals surface area contributed by atoms with E-state index in [-0.39, 0.29) is 13.0 Å². The van der Waals surface area contributed by atoms with Crippen LogP contribution in [0, 0.1) is 0 Å². The van der Waals surface area contributed by atoms with Gasteiger partial charge in [-0.2, -0.15) is 0 Å². The zero-order valence-electron chi connectivity index (χ0n) is 12.1. The van der Waals surface area contributed by atoms with E-state index in [1.807, 2.05) is 0 Å². The molecule has 0 saturated carbocycles. The van der Waals surface area contributed by atoms with Crippen molar-refractivity contribution in [3.05, 3.63) is 0 Å². The highest BCUT2D eigenvalue weighted by Gasteiger charge is 2.12. The highest BCUT2D eigenvalue weighted by Crippen LogP contribution is 2.01. The van der Waals surface area contributed by atoms with Crippen molar-refractivity contribution < 1.29 is 28.5 Å². The van der Waals surface area contributed by atoms with Gasteiger partial charge in [-0.25, -0.2) is 0 Å². The molecule has 0 atom stereocenters. The molecule has 6 nitrogen and oxygen atoms in total. The Labute approximate surface area is 116 Å². The van der Waals surface area contributed by atoms with Gasteiger partial charge in [-0.3, -0.25) is 4.79 Å². The molecule has 0 aliphatic heterocycles. The van der Waals surface area contributed by atoms with Crippen LogP contribution in [0.3, 0.4) is 0 Å². The number of rotatable bonds is 13. The number of hydrogen-bond donors (Lipinski definition) is 1. The molecule has 19 heavy (non-hydrogen) atoms. The van der Waals surface area contributed by atoms with Crippen molar-refractivity contribution in [2.24, 2.45) is 0 Å². The van der Waals surface area contributed by atoms with Gasteiger partial charge in [-0.05, 0) is 19.6 Å². The van der Waals surface area contributed by atoms with Crippen molar-refractivity contribution in [1.29, 1.82) is 0 Å². The second kappa shape index (κ2) is 11.4. The van der Waals surface area contributed by atoms with Crippen molar-refractivity contribution in [1.82, 2.24) is 0 Å². The van der Waals surface area contributed by atoms with Crippen LogP contribution in [0.4, 0.5) is 0 Å². The summed E-state index contributed by atoms with van der Waals surface area (Å²) in [5, 5.41) is 8.37. The zero-order valence-corrected chi connectivity index (χ0v) is 13.1. The first-order valence-corrected chi connectivity index (χ1v) is 9.91. The molecule has 0 rings (SSSR count). The summed E-state index contributed by atoms with van der Waals surface area (Å²) < 4.78 is 21.3. The fourth-order valence-electron chi connectivity index (χ4n) is 1.11. The van der Waals surface area contributed by atoms with Crippen molar-refractivity contribution in [3.8, 4) is 0 Å². The number of carbonyl (C=O) groups is 1. The van der Waals surface area contributed by atoms with Crippen LogP contribution >= 0.6 is 0 Å². The fraction of sp³-hybridized carbons (Fsp3) is 0.917. The standard InChI is InChI=1S/C12H26O6Si/c1-19(2,3)18-11-10-17-9-8-16-7-6-15-5-4-12(13)14/h4-11H2,1-3H3,(H,13,14). The lowest BCUT2D eigenvalue weighted by molar-refractivity contribution is -0.138. The second-order valence-corrected chi connectivity index (χ2v) is 9.46. The molecular weight excluding hydrogens is 268 g/mol. The summed E-state index contributed by atoms with van der Waals surface area (Å²) >= 11 is 0. The van der Waals surface area contributed by atoms with Gasteiger partial charge in [0, 0.05) is 0 Å². The number of aliphatic carboxylic acids is 1. The zero-order chi connectivity index (χ0) is 14.6. The summed E-state index contributed by atoms with van der Waals surface area (Å²) in [5.74, 6) is -0.852. The Morgan fingerprint density at radius 2 is 1.26 bits per heavy atom. The Hall–Kier alpha value is -0.473. The molecule has 0 spiro atoms. The number of hydrogen-bond acceptors (Lipinski definition) is 5. The highest BCUT2D eigenvalue weighted by atomic mass is 28.4. The third-order valence-electron chi connectivity index (χ3n) is 1.97. The first-order valence-electron chi connectivity index (χ1n) is 6.51. The molecule has 1 N–H and O–H groups in total. The summed E-state index contributed by atoms with van der Waals surface area (Å²) in [6.07, 6.45) is 0.0280. The molecule has 0 unspecified atom stereocenters. The maximum atomic E-state index is 10.2. The predicted octanol–water partition coefficient (Wildman–Crippen LogP) is 1.36. The van der Waals surface area contributed by atoms with Gasteiger partial charge in [0.15, 0.2) is 8.32 Å². The predicted molar refractivity (Wildman–Crippen MR) is 74.0 cm³/mol. The molecule has 0 aromatic rings. The van der Waals surface area contributed by atoms with Crippen LogP contribution in [0.2, 0.25) is 19.6 Å². The largest absolute Gasteiger partial charge is 0.481 e. The Kier molecular flexibility index (Phi) is 11.1. The van der Waals surface area contributed by atoms with Crippen LogP contribution in [0.15, 0.2) is 0 Å². The monoisotopic (exact) mass is 294 g/mol. The third kappa shape index (κ3) is 17.5. The van der Waals surface area contributed by atoms with Crippen molar-refractivity contribution in [2.75, 3.05) is 46.2 Å². The molecule has 0 bridgehead atoms. The van der Waals surface area contributed by atoms with Gasteiger partial charge in [0.1, 0.15) is 0 Å². The molecule has 7 heteroatoms. The van der Waals surface area contributed by atoms with Gasteiger partial charge >= 0.3 is 5.97 Å². The lowest BCUT2D eigenvalue weighted by Crippen LogP contribution is -2.27. The molecule has 0 heterocycles. The molecule has 0 fully saturated rings. The Morgan fingerprint density at radius 1 is 0.842 bits per heavy atom. The number of ether oxygens (including phenoxy) is 3. The first kappa shape index (κ1) is 18.5. The van der Waals surface area contributed by atoms with Crippen molar-refractivity contribution >= 4 is 14.3 Å². The van der Waals surface area contributed by atoms with Crippen LogP contribution in [0.5, 0.6) is 0 Å². The molecule has 0 aliphatic carbocycles. The lowest BCUT2D eigenvalue weighted by atomic mass is 10.5. The van der Waals surface area contributed by atoms with E-state index in [1.165, 1.54) is 0 Å². The maximum absolute atomic E-state index is 10.2. The van der Waals surface area contributed by atoms with Crippen LogP contribution in [0.1, 0.15) is 6.42 Å². The highest BCUT2D eigenvalue weighted by molar-refractivity contribution is 6.69. The molecule has 0 aliphatic rings. The van der Waals surface area contributed by atoms with E-state index < -0.39 is 14.3 Å². The van der Waals surface area contributed by atoms with Gasteiger partial charge in [0.25, 0.3) is 0 Å². The smallest absolute Gasteiger partial charge is 0.305 e. The van der Waals surface area contributed by atoms with E-state index >= 15 is 0 Å². The average molecular weight is 294 g/mol. The molecule has 0 radical (unpaired) electrons. The molecule has 114 valence electrons. The second-order valence-electron chi connectivity index (χ2n) is 4.94. The Morgan fingerprint density at radius 3 is 1.68 bits per heavy atom. The first-order chi connectivity index (χ1) is 8.92. The van der Waals surface area contributed by atoms with Crippen molar-refractivity contribution in [3.63, 3.8) is 0 Å². The molecule has 0 amide bonds. The number of carboxylic acid groups (broad SMARTS) is 1. The summed E-state index contributed by atoms with van der Waals surface area (Å²) in [6, 6.07) is 0. The fourth-order valence-corrected chi connectivity index (χ4v) is 1.80. The summed E-state index contributed by atoms with van der Waals surface area (Å²) in [5.41, 5.74) is 0. The van der Waals surface area contributed by atoms with Gasteiger partial charge in [-0.15, -0.1) is 0 Å². The summed E-state index contributed by atoms with van der Waals surface area (Å²) in [7, 11) is -1.43. The van der Waals surface area contributed by atoms with Crippen molar-refractivity contribution in [2.45, 2.75) is 26.1 Å². The Bertz CT molecular complexity index is 229.